The molecule has 0 amide bonds. The van der Waals surface area contributed by atoms with E-state index < -0.39 is 5.60 Å². The van der Waals surface area contributed by atoms with Crippen LogP contribution in [0.2, 0.25) is 0 Å². The Morgan fingerprint density at radius 2 is 2.06 bits per heavy atom. The lowest BCUT2D eigenvalue weighted by Gasteiger charge is -2.36. The summed E-state index contributed by atoms with van der Waals surface area (Å²) in [6.45, 7) is 7.97. The molecule has 0 unspecified atom stereocenters. The fourth-order valence-electron chi connectivity index (χ4n) is 4.67. The van der Waals surface area contributed by atoms with Gasteiger partial charge in [-0.2, -0.15) is 9.61 Å². The van der Waals surface area contributed by atoms with Gasteiger partial charge in [-0.1, -0.05) is 6.92 Å². The minimum absolute atomic E-state index is 0.152. The average Bonchev–Trinajstić information content (AvgIpc) is 3.40. The Morgan fingerprint density at radius 3 is 2.82 bits per heavy atom. The number of aromatic nitrogens is 6. The molecular weight excluding hydrogens is 420 g/mol. The van der Waals surface area contributed by atoms with Gasteiger partial charge in [-0.05, 0) is 38.3 Å². The first-order valence-electron chi connectivity index (χ1n) is 11.2. The van der Waals surface area contributed by atoms with Gasteiger partial charge in [0.1, 0.15) is 5.75 Å². The number of hydrogen-bond acceptors (Lipinski definition) is 8. The normalized spacial score (nSPS) is 19.5. The van der Waals surface area contributed by atoms with E-state index in [1.807, 2.05) is 30.6 Å². The van der Waals surface area contributed by atoms with Crippen molar-refractivity contribution in [2.45, 2.75) is 45.3 Å². The third-order valence-corrected chi connectivity index (χ3v) is 6.08. The van der Waals surface area contributed by atoms with Crippen LogP contribution in [0.5, 0.6) is 5.75 Å². The lowest BCUT2D eigenvalue weighted by atomic mass is 9.90. The van der Waals surface area contributed by atoms with Crippen molar-refractivity contribution in [1.82, 2.24) is 29.4 Å². The highest BCUT2D eigenvalue weighted by atomic mass is 16.5. The molecule has 10 nitrogen and oxygen atoms in total. The van der Waals surface area contributed by atoms with Crippen LogP contribution in [0, 0.1) is 5.92 Å². The van der Waals surface area contributed by atoms with Gasteiger partial charge in [0.05, 0.1) is 36.7 Å². The fraction of sp³-hybridized carbons (Fsp3) is 0.478. The van der Waals surface area contributed by atoms with Crippen molar-refractivity contribution < 1.29 is 9.84 Å². The standard InChI is InChI=1S/C23H30N8O2/c1-14-7-15(11-29(10-14)16-9-25-30(12-16)13-23(2,3)32)20-27-21-18-6-5-17(33-4)8-19(18)26-22(24)31(21)28-20/h5-6,8-9,12,14-15,32H,7,10-11,13H2,1-4H3,(H2,24,26)/t14-,15-/m1/s1. The summed E-state index contributed by atoms with van der Waals surface area (Å²) in [4.78, 5) is 11.7. The molecule has 0 aliphatic carbocycles. The van der Waals surface area contributed by atoms with E-state index in [4.69, 9.17) is 20.6 Å². The number of methoxy groups -OCH3 is 1. The highest BCUT2D eigenvalue weighted by molar-refractivity contribution is 5.93. The van der Waals surface area contributed by atoms with E-state index in [2.05, 4.69) is 21.9 Å². The first-order valence-corrected chi connectivity index (χ1v) is 11.2. The summed E-state index contributed by atoms with van der Waals surface area (Å²) in [7, 11) is 1.63. The molecule has 0 bridgehead atoms. The molecule has 1 aliphatic heterocycles. The van der Waals surface area contributed by atoms with E-state index in [-0.39, 0.29) is 5.92 Å². The second kappa shape index (κ2) is 7.87. The van der Waals surface area contributed by atoms with Crippen LogP contribution in [0.25, 0.3) is 16.6 Å². The summed E-state index contributed by atoms with van der Waals surface area (Å²) in [6.07, 6.45) is 4.85. The lowest BCUT2D eigenvalue weighted by molar-refractivity contribution is 0.0577. The van der Waals surface area contributed by atoms with Crippen molar-refractivity contribution in [2.24, 2.45) is 5.92 Å². The third-order valence-electron chi connectivity index (χ3n) is 6.08. The maximum Gasteiger partial charge on any atom is 0.223 e. The van der Waals surface area contributed by atoms with Gasteiger partial charge in [-0.15, -0.1) is 5.10 Å². The van der Waals surface area contributed by atoms with E-state index >= 15 is 0 Å². The summed E-state index contributed by atoms with van der Waals surface area (Å²) < 4.78 is 8.74. The first kappa shape index (κ1) is 21.4. The number of nitrogens with zero attached hydrogens (tertiary/aromatic N) is 7. The first-order chi connectivity index (χ1) is 15.7. The number of rotatable bonds is 5. The molecule has 0 saturated carbocycles. The summed E-state index contributed by atoms with van der Waals surface area (Å²) in [6, 6.07) is 5.70. The Balaban J connectivity index is 1.46. The van der Waals surface area contributed by atoms with Gasteiger partial charge >= 0.3 is 0 Å². The predicted molar refractivity (Wildman–Crippen MR) is 127 cm³/mol. The van der Waals surface area contributed by atoms with Crippen LogP contribution in [-0.4, -0.2) is 60.3 Å². The van der Waals surface area contributed by atoms with E-state index in [1.54, 1.807) is 30.2 Å². The van der Waals surface area contributed by atoms with Crippen molar-refractivity contribution in [3.63, 3.8) is 0 Å². The number of anilines is 2. The molecule has 3 N–H and O–H groups in total. The predicted octanol–water partition coefficient (Wildman–Crippen LogP) is 2.47. The number of ether oxygens (including phenoxy) is 1. The molecule has 4 heterocycles. The molecule has 1 fully saturated rings. The minimum atomic E-state index is -0.817. The number of fused-ring (bicyclic) bond motifs is 3. The number of hydrogen-bond donors (Lipinski definition) is 2. The minimum Gasteiger partial charge on any atom is -0.497 e. The monoisotopic (exact) mass is 450 g/mol. The zero-order chi connectivity index (χ0) is 23.3. The summed E-state index contributed by atoms with van der Waals surface area (Å²) in [5.41, 5.74) is 7.88. The smallest absolute Gasteiger partial charge is 0.223 e. The zero-order valence-electron chi connectivity index (χ0n) is 19.4. The Kier molecular flexibility index (Phi) is 5.12. The van der Waals surface area contributed by atoms with Gasteiger partial charge in [0.25, 0.3) is 0 Å². The molecule has 0 spiro atoms. The van der Waals surface area contributed by atoms with Crippen molar-refractivity contribution in [3.05, 3.63) is 36.4 Å². The largest absolute Gasteiger partial charge is 0.497 e. The van der Waals surface area contributed by atoms with Gasteiger partial charge in [-0.25, -0.2) is 9.97 Å². The van der Waals surface area contributed by atoms with Gasteiger partial charge in [0.15, 0.2) is 11.5 Å². The summed E-state index contributed by atoms with van der Waals surface area (Å²) in [5.74, 6) is 2.41. The van der Waals surface area contributed by atoms with Crippen LogP contribution >= 0.6 is 0 Å². The molecule has 2 atom stereocenters. The van der Waals surface area contributed by atoms with Gasteiger partial charge in [0.2, 0.25) is 5.95 Å². The van der Waals surface area contributed by atoms with Crippen molar-refractivity contribution >= 4 is 28.2 Å². The molecular formula is C23H30N8O2. The summed E-state index contributed by atoms with van der Waals surface area (Å²) in [5, 5.41) is 20.2. The van der Waals surface area contributed by atoms with Crippen LogP contribution in [0.1, 0.15) is 38.9 Å². The fourth-order valence-corrected chi connectivity index (χ4v) is 4.67. The van der Waals surface area contributed by atoms with E-state index in [0.717, 1.165) is 47.7 Å². The number of nitrogens with two attached hydrogens (primary N) is 1. The van der Waals surface area contributed by atoms with Crippen molar-refractivity contribution in [3.8, 4) is 5.75 Å². The van der Waals surface area contributed by atoms with Crippen LogP contribution < -0.4 is 15.4 Å². The second-order valence-corrected chi connectivity index (χ2v) is 9.71. The van der Waals surface area contributed by atoms with Crippen LogP contribution in [0.4, 0.5) is 11.6 Å². The maximum atomic E-state index is 10.1. The molecule has 1 saturated heterocycles. The summed E-state index contributed by atoms with van der Waals surface area (Å²) >= 11 is 0. The molecule has 3 aromatic heterocycles. The third kappa shape index (κ3) is 4.18. The SMILES string of the molecule is COc1ccc2c(c1)nc(N)n1nc([C@@H]3C[C@@H](C)CN(c4cnn(CC(C)(C)O)c4)C3)nc21. The zero-order valence-corrected chi connectivity index (χ0v) is 19.4. The highest BCUT2D eigenvalue weighted by Crippen LogP contribution is 2.33. The van der Waals surface area contributed by atoms with E-state index in [0.29, 0.717) is 24.1 Å². The number of aliphatic hydroxyl groups is 1. The quantitative estimate of drug-likeness (QED) is 0.476. The molecule has 10 heteroatoms. The highest BCUT2D eigenvalue weighted by Gasteiger charge is 2.30. The Bertz CT molecular complexity index is 1310. The van der Waals surface area contributed by atoms with Gasteiger partial charge in [-0.3, -0.25) is 4.68 Å². The van der Waals surface area contributed by atoms with Crippen LogP contribution in [0.3, 0.4) is 0 Å². The molecule has 174 valence electrons. The topological polar surface area (TPSA) is 120 Å². The van der Waals surface area contributed by atoms with Gasteiger partial charge < -0.3 is 20.5 Å². The molecule has 1 aromatic carbocycles. The van der Waals surface area contributed by atoms with E-state index in [9.17, 15) is 5.11 Å². The van der Waals surface area contributed by atoms with E-state index in [1.165, 1.54) is 0 Å². The van der Waals surface area contributed by atoms with Crippen LogP contribution in [-0.2, 0) is 6.54 Å². The molecule has 0 radical (unpaired) electrons. The Hall–Kier alpha value is -3.40. The molecule has 1 aliphatic rings. The second-order valence-electron chi connectivity index (χ2n) is 9.71. The molecule has 5 rings (SSSR count). The number of piperidine rings is 1. The molecule has 4 aromatic rings. The number of benzene rings is 1. The lowest BCUT2D eigenvalue weighted by Crippen LogP contribution is -2.39. The molecule has 33 heavy (non-hydrogen) atoms. The van der Waals surface area contributed by atoms with Crippen molar-refractivity contribution in [2.75, 3.05) is 30.8 Å². The maximum absolute atomic E-state index is 10.1. The van der Waals surface area contributed by atoms with Gasteiger partial charge in [0, 0.05) is 36.7 Å². The number of nitrogen functional groups attached to an aromatic ring is 1. The van der Waals surface area contributed by atoms with Crippen LogP contribution in [0.15, 0.2) is 30.6 Å². The average molecular weight is 451 g/mol. The Morgan fingerprint density at radius 1 is 1.24 bits per heavy atom. The van der Waals surface area contributed by atoms with Crippen molar-refractivity contribution in [1.29, 1.82) is 0 Å². The Labute approximate surface area is 192 Å².